The summed E-state index contributed by atoms with van der Waals surface area (Å²) in [5.41, 5.74) is 3.50. The monoisotopic (exact) mass is 1220 g/mol. The fraction of sp³-hybridized carbons (Fsp3) is 0.731. The van der Waals surface area contributed by atoms with Crippen LogP contribution >= 0.6 is 0 Å². The summed E-state index contributed by atoms with van der Waals surface area (Å²) < 4.78 is 28.6. The molecular formula is C78H124O10. The highest BCUT2D eigenvalue weighted by atomic mass is 16.7. The summed E-state index contributed by atoms with van der Waals surface area (Å²) in [7, 11) is 0. The van der Waals surface area contributed by atoms with Gasteiger partial charge in [-0.3, -0.25) is 14.4 Å². The number of esters is 3. The first-order valence-electron chi connectivity index (χ1n) is 35.4. The smallest absolute Gasteiger partial charge is 0.309 e. The van der Waals surface area contributed by atoms with Crippen LogP contribution in [-0.4, -0.2) is 57.8 Å². The lowest BCUT2D eigenvalue weighted by molar-refractivity contribution is -0.207. The summed E-state index contributed by atoms with van der Waals surface area (Å²) in [6, 6.07) is 23.1. The number of ether oxygens (including phenoxy) is 5. The van der Waals surface area contributed by atoms with Crippen molar-refractivity contribution in [2.45, 2.75) is 293 Å². The van der Waals surface area contributed by atoms with E-state index in [1.807, 2.05) is 77.9 Å². The molecule has 0 aliphatic heterocycles. The molecule has 0 saturated heterocycles. The summed E-state index contributed by atoms with van der Waals surface area (Å²) >= 11 is 0. The normalized spacial score (nSPS) is 28.7. The maximum atomic E-state index is 12.1. The third kappa shape index (κ3) is 21.3. The number of carbonyl (C=O) groups is 3. The maximum absolute atomic E-state index is 12.1. The van der Waals surface area contributed by atoms with E-state index in [4.69, 9.17) is 33.9 Å². The van der Waals surface area contributed by atoms with Gasteiger partial charge in [0.15, 0.2) is 6.29 Å². The van der Waals surface area contributed by atoms with Crippen LogP contribution < -0.4 is 4.74 Å². The van der Waals surface area contributed by atoms with Gasteiger partial charge in [0, 0.05) is 6.61 Å². The van der Waals surface area contributed by atoms with Gasteiger partial charge in [0.25, 0.3) is 0 Å². The zero-order chi connectivity index (χ0) is 64.9. The minimum absolute atomic E-state index is 0.0168. The number of benzene rings is 3. The molecule has 8 bridgehead atoms. The van der Waals surface area contributed by atoms with Crippen LogP contribution in [0.1, 0.15) is 287 Å². The minimum atomic E-state index is -0.181. The molecule has 0 amide bonds. The predicted octanol–water partition coefficient (Wildman–Crippen LogP) is 20.7. The Morgan fingerprint density at radius 3 is 1.00 bits per heavy atom. The first-order valence-corrected chi connectivity index (χ1v) is 35.4. The van der Waals surface area contributed by atoms with Crippen molar-refractivity contribution < 1.29 is 48.3 Å². The number of hydrogen-bond acceptors (Lipinski definition) is 10. The van der Waals surface area contributed by atoms with Crippen molar-refractivity contribution in [3.8, 4) is 17.2 Å². The van der Waals surface area contributed by atoms with Gasteiger partial charge < -0.3 is 33.9 Å². The SMILES string of the molecule is CCC(C)C(=O)OC1(C)C2CC3CC(C2)CC1C3.CCC(C)C(=O)OC1(C)C2CC3CC(C2)CC1C3.CCC(C)C(=O)OC1(C)CCCCC1.CCC(C)c1ccc(O)cc1.CCC(C)c1ccc(O)cc1.CCOC(C)Oc1ccc(C(C)CC)cc1. The fourth-order valence-corrected chi connectivity index (χ4v) is 15.1. The van der Waals surface area contributed by atoms with Crippen molar-refractivity contribution in [1.82, 2.24) is 0 Å². The van der Waals surface area contributed by atoms with Crippen molar-refractivity contribution in [2.75, 3.05) is 6.61 Å². The van der Waals surface area contributed by atoms with Crippen LogP contribution in [0.25, 0.3) is 0 Å². The number of phenolic OH excluding ortho intramolecular Hbond substituents is 2. The number of hydrogen-bond donors (Lipinski definition) is 2. The molecule has 9 saturated carbocycles. The third-order valence-electron chi connectivity index (χ3n) is 22.4. The van der Waals surface area contributed by atoms with Crippen LogP contribution in [0.15, 0.2) is 72.8 Å². The van der Waals surface area contributed by atoms with Crippen LogP contribution in [0.3, 0.4) is 0 Å². The third-order valence-corrected chi connectivity index (χ3v) is 22.4. The average Bonchev–Trinajstić information content (AvgIpc) is 0.765. The van der Waals surface area contributed by atoms with Crippen molar-refractivity contribution >= 4 is 17.9 Å². The van der Waals surface area contributed by atoms with Crippen LogP contribution in [0, 0.1) is 65.1 Å². The van der Waals surface area contributed by atoms with Crippen molar-refractivity contribution in [2.24, 2.45) is 65.1 Å². The average molecular weight is 1220 g/mol. The Kier molecular flexibility index (Phi) is 29.8. The number of phenols is 2. The molecule has 9 fully saturated rings. The lowest BCUT2D eigenvalue weighted by Gasteiger charge is -2.59. The first kappa shape index (κ1) is 74.2. The van der Waals surface area contributed by atoms with Crippen LogP contribution in [0.5, 0.6) is 17.2 Å². The number of aromatic hydroxyl groups is 2. The van der Waals surface area contributed by atoms with Crippen molar-refractivity contribution in [1.29, 1.82) is 0 Å². The second-order valence-corrected chi connectivity index (χ2v) is 29.0. The molecule has 10 heteroatoms. The highest BCUT2D eigenvalue weighted by Crippen LogP contribution is 2.61. The van der Waals surface area contributed by atoms with E-state index in [1.54, 1.807) is 24.3 Å². The Morgan fingerprint density at radius 2 is 0.716 bits per heavy atom. The molecule has 0 aromatic heterocycles. The predicted molar refractivity (Wildman–Crippen MR) is 360 cm³/mol. The molecule has 2 N–H and O–H groups in total. The number of carbonyl (C=O) groups excluding carboxylic acids is 3. The van der Waals surface area contributed by atoms with Crippen LogP contribution in [0.4, 0.5) is 0 Å². The molecule has 3 aromatic carbocycles. The Hall–Kier alpha value is -4.57. The number of rotatable bonds is 19. The van der Waals surface area contributed by atoms with E-state index in [0.717, 1.165) is 80.8 Å². The first-order chi connectivity index (χ1) is 41.8. The minimum Gasteiger partial charge on any atom is -0.508 e. The lowest BCUT2D eigenvalue weighted by Crippen LogP contribution is -2.58. The molecule has 12 rings (SSSR count). The quantitative estimate of drug-likeness (QED) is 0.0678. The molecular weight excluding hydrogens is 1100 g/mol. The molecule has 0 radical (unpaired) electrons. The molecule has 10 nitrogen and oxygen atoms in total. The van der Waals surface area contributed by atoms with E-state index in [0.29, 0.717) is 59.5 Å². The zero-order valence-corrected chi connectivity index (χ0v) is 58.3. The van der Waals surface area contributed by atoms with Crippen LogP contribution in [-0.2, 0) is 33.3 Å². The highest BCUT2D eigenvalue weighted by Gasteiger charge is 2.58. The molecule has 3 aromatic rings. The molecule has 7 unspecified atom stereocenters. The largest absolute Gasteiger partial charge is 0.508 e. The van der Waals surface area contributed by atoms with Gasteiger partial charge in [0.2, 0.25) is 0 Å². The Labute approximate surface area is 535 Å². The summed E-state index contributed by atoms with van der Waals surface area (Å²) in [6.07, 6.45) is 25.0. The standard InChI is InChI=1S/2C16H26O2.C14H22O2.C12H22O2.2C10H14O/c2*1-4-10(2)15(17)18-16(3)13-6-11-5-12(8-13)9-14(16)7-11;1-5-11(3)13-7-9-14(10-8-13)16-12(4)15-6-2;1-4-10(2)11(13)14-12(3)8-6-5-7-9-12;2*1-3-8(2)9-4-6-10(11)7-5-9/h2*10-14H,4-9H2,1-3H3;7-12H,5-6H2,1-4H3;10H,4-9H2,1-3H3;2*4-8,11H,3H2,1-2H3. The Morgan fingerprint density at radius 1 is 0.420 bits per heavy atom. The van der Waals surface area contributed by atoms with Crippen molar-refractivity contribution in [3.05, 3.63) is 89.5 Å². The molecule has 9 aliphatic rings. The van der Waals surface area contributed by atoms with E-state index in [-0.39, 0.29) is 58.8 Å². The van der Waals surface area contributed by atoms with Crippen LogP contribution in [0.2, 0.25) is 0 Å². The zero-order valence-electron chi connectivity index (χ0n) is 58.3. The summed E-state index contributed by atoms with van der Waals surface area (Å²) in [5.74, 6) is 9.86. The van der Waals surface area contributed by atoms with E-state index in [9.17, 15) is 14.4 Å². The second-order valence-electron chi connectivity index (χ2n) is 29.0. The summed E-state index contributed by atoms with van der Waals surface area (Å²) in [4.78, 5) is 35.9. The van der Waals surface area contributed by atoms with E-state index < -0.39 is 0 Å². The van der Waals surface area contributed by atoms with E-state index in [2.05, 4.69) is 88.3 Å². The van der Waals surface area contributed by atoms with Gasteiger partial charge in [0.05, 0.1) is 17.8 Å². The fourth-order valence-electron chi connectivity index (χ4n) is 15.1. The molecule has 0 heterocycles. The summed E-state index contributed by atoms with van der Waals surface area (Å²) in [5, 5.41) is 18.0. The second kappa shape index (κ2) is 35.3. The summed E-state index contributed by atoms with van der Waals surface area (Å²) in [6.45, 7) is 36.3. The maximum Gasteiger partial charge on any atom is 0.309 e. The Bertz CT molecular complexity index is 2320. The van der Waals surface area contributed by atoms with Gasteiger partial charge in [-0.05, 0) is 281 Å². The molecule has 0 spiro atoms. The molecule has 88 heavy (non-hydrogen) atoms. The van der Waals surface area contributed by atoms with Gasteiger partial charge in [0.1, 0.15) is 34.1 Å². The van der Waals surface area contributed by atoms with Gasteiger partial charge in [-0.2, -0.15) is 0 Å². The van der Waals surface area contributed by atoms with Gasteiger partial charge in [-0.15, -0.1) is 0 Å². The van der Waals surface area contributed by atoms with Gasteiger partial charge in [-0.25, -0.2) is 0 Å². The molecule has 7 atom stereocenters. The molecule has 9 aliphatic carbocycles. The van der Waals surface area contributed by atoms with E-state index in [1.165, 1.54) is 100 Å². The Balaban J connectivity index is 0.000000195. The van der Waals surface area contributed by atoms with Gasteiger partial charge in [-0.1, -0.05) is 126 Å². The van der Waals surface area contributed by atoms with Crippen molar-refractivity contribution in [3.63, 3.8) is 0 Å². The van der Waals surface area contributed by atoms with Gasteiger partial charge >= 0.3 is 17.9 Å². The highest BCUT2D eigenvalue weighted by molar-refractivity contribution is 5.73. The molecule has 496 valence electrons. The lowest BCUT2D eigenvalue weighted by atomic mass is 9.50. The van der Waals surface area contributed by atoms with E-state index >= 15 is 0 Å². The topological polar surface area (TPSA) is 138 Å².